The van der Waals surface area contributed by atoms with Crippen LogP contribution in [0.25, 0.3) is 0 Å². The lowest BCUT2D eigenvalue weighted by molar-refractivity contribution is 0.186. The molecule has 1 aliphatic rings. The molecule has 0 radical (unpaired) electrons. The van der Waals surface area contributed by atoms with Crippen LogP contribution in [0.2, 0.25) is 0 Å². The Hall–Kier alpha value is -0.910. The smallest absolute Gasteiger partial charge is 0.151 e. The standard InChI is InChI=1S/C18H30N2O2S/c1-3-19(4-2)12-8-13-20(15-17-9-6-5-7-10-17)18-11-14-23(21,22)16-18/h5-7,9-10,18H,3-4,8,11-16H2,1-2H3/t18-/m0/s1. The lowest BCUT2D eigenvalue weighted by Crippen LogP contribution is -2.38. The van der Waals surface area contributed by atoms with Gasteiger partial charge in [-0.25, -0.2) is 8.42 Å². The number of nitrogens with zero attached hydrogens (tertiary/aromatic N) is 2. The van der Waals surface area contributed by atoms with Gasteiger partial charge in [0.15, 0.2) is 9.84 Å². The molecule has 0 amide bonds. The van der Waals surface area contributed by atoms with E-state index in [0.29, 0.717) is 11.5 Å². The van der Waals surface area contributed by atoms with Gasteiger partial charge in [-0.2, -0.15) is 0 Å². The summed E-state index contributed by atoms with van der Waals surface area (Å²) in [6.07, 6.45) is 1.87. The van der Waals surface area contributed by atoms with Gasteiger partial charge in [0.2, 0.25) is 0 Å². The first-order valence-electron chi connectivity index (χ1n) is 8.74. The molecule has 1 heterocycles. The Morgan fingerprint density at radius 2 is 1.78 bits per heavy atom. The normalized spacial score (nSPS) is 20.4. The molecule has 4 nitrogen and oxygen atoms in total. The lowest BCUT2D eigenvalue weighted by atomic mass is 10.1. The monoisotopic (exact) mass is 338 g/mol. The van der Waals surface area contributed by atoms with E-state index in [1.165, 1.54) is 5.56 Å². The van der Waals surface area contributed by atoms with E-state index in [9.17, 15) is 8.42 Å². The lowest BCUT2D eigenvalue weighted by Gasteiger charge is -2.29. The molecule has 0 unspecified atom stereocenters. The van der Waals surface area contributed by atoms with E-state index in [1.807, 2.05) is 6.07 Å². The predicted molar refractivity (Wildman–Crippen MR) is 96.3 cm³/mol. The molecule has 0 bridgehead atoms. The van der Waals surface area contributed by atoms with E-state index >= 15 is 0 Å². The molecule has 130 valence electrons. The van der Waals surface area contributed by atoms with Crippen LogP contribution in [-0.4, -0.2) is 61.9 Å². The van der Waals surface area contributed by atoms with Crippen LogP contribution >= 0.6 is 0 Å². The maximum atomic E-state index is 11.8. The summed E-state index contributed by atoms with van der Waals surface area (Å²) in [5.41, 5.74) is 1.26. The second kappa shape index (κ2) is 8.81. The van der Waals surface area contributed by atoms with Gasteiger partial charge in [0, 0.05) is 19.1 Å². The zero-order chi connectivity index (χ0) is 16.7. The molecule has 0 aromatic heterocycles. The largest absolute Gasteiger partial charge is 0.304 e. The molecular formula is C18H30N2O2S. The van der Waals surface area contributed by atoms with E-state index in [4.69, 9.17) is 0 Å². The van der Waals surface area contributed by atoms with Crippen molar-refractivity contribution in [2.24, 2.45) is 0 Å². The fraction of sp³-hybridized carbons (Fsp3) is 0.667. The Bertz CT molecular complexity index is 556. The Labute approximate surface area is 141 Å². The van der Waals surface area contributed by atoms with Gasteiger partial charge in [0.05, 0.1) is 11.5 Å². The minimum Gasteiger partial charge on any atom is -0.304 e. The summed E-state index contributed by atoms with van der Waals surface area (Å²) < 4.78 is 23.7. The second-order valence-corrected chi connectivity index (χ2v) is 8.62. The third-order valence-corrected chi connectivity index (χ3v) is 6.52. The summed E-state index contributed by atoms with van der Waals surface area (Å²) in [4.78, 5) is 4.80. The quantitative estimate of drug-likeness (QED) is 0.693. The Morgan fingerprint density at radius 1 is 1.09 bits per heavy atom. The van der Waals surface area contributed by atoms with Gasteiger partial charge < -0.3 is 4.90 Å². The van der Waals surface area contributed by atoms with E-state index in [2.05, 4.69) is 47.9 Å². The zero-order valence-corrected chi connectivity index (χ0v) is 15.3. The fourth-order valence-corrected chi connectivity index (χ4v) is 5.07. The average Bonchev–Trinajstić information content (AvgIpc) is 2.91. The van der Waals surface area contributed by atoms with Crippen LogP contribution in [0, 0.1) is 0 Å². The van der Waals surface area contributed by atoms with Crippen LogP contribution in [0.1, 0.15) is 32.3 Å². The summed E-state index contributed by atoms with van der Waals surface area (Å²) >= 11 is 0. The zero-order valence-electron chi connectivity index (χ0n) is 14.4. The summed E-state index contributed by atoms with van der Waals surface area (Å²) in [7, 11) is -2.84. The molecule has 2 rings (SSSR count). The van der Waals surface area contributed by atoms with Crippen LogP contribution < -0.4 is 0 Å². The molecule has 0 N–H and O–H groups in total. The molecule has 0 saturated carbocycles. The average molecular weight is 339 g/mol. The molecular weight excluding hydrogens is 308 g/mol. The molecule has 23 heavy (non-hydrogen) atoms. The van der Waals surface area contributed by atoms with Gasteiger partial charge >= 0.3 is 0 Å². The number of hydrogen-bond donors (Lipinski definition) is 0. The third-order valence-electron chi connectivity index (χ3n) is 4.77. The van der Waals surface area contributed by atoms with Gasteiger partial charge in [0.25, 0.3) is 0 Å². The van der Waals surface area contributed by atoms with Crippen molar-refractivity contribution in [3.8, 4) is 0 Å². The summed E-state index contributed by atoms with van der Waals surface area (Å²) in [6, 6.07) is 10.6. The molecule has 1 aromatic carbocycles. The molecule has 1 atom stereocenters. The maximum Gasteiger partial charge on any atom is 0.151 e. The highest BCUT2D eigenvalue weighted by Gasteiger charge is 2.32. The molecule has 1 aliphatic heterocycles. The second-order valence-electron chi connectivity index (χ2n) is 6.39. The third kappa shape index (κ3) is 5.90. The Balaban J connectivity index is 1.97. The first-order valence-corrected chi connectivity index (χ1v) is 10.6. The summed E-state index contributed by atoms with van der Waals surface area (Å²) in [6.45, 7) is 9.42. The van der Waals surface area contributed by atoms with E-state index in [-0.39, 0.29) is 6.04 Å². The minimum atomic E-state index is -2.84. The van der Waals surface area contributed by atoms with Crippen molar-refractivity contribution < 1.29 is 8.42 Å². The number of benzene rings is 1. The molecule has 1 fully saturated rings. The van der Waals surface area contributed by atoms with E-state index in [0.717, 1.165) is 45.6 Å². The topological polar surface area (TPSA) is 40.6 Å². The van der Waals surface area contributed by atoms with Crippen LogP contribution in [0.5, 0.6) is 0 Å². The molecule has 1 saturated heterocycles. The molecule has 0 spiro atoms. The van der Waals surface area contributed by atoms with Crippen molar-refractivity contribution in [1.29, 1.82) is 0 Å². The predicted octanol–water partition coefficient (Wildman–Crippen LogP) is 2.41. The Morgan fingerprint density at radius 3 is 2.35 bits per heavy atom. The van der Waals surface area contributed by atoms with Crippen molar-refractivity contribution >= 4 is 9.84 Å². The summed E-state index contributed by atoms with van der Waals surface area (Å²) in [5, 5.41) is 0. The highest BCUT2D eigenvalue weighted by Crippen LogP contribution is 2.20. The number of rotatable bonds is 9. The van der Waals surface area contributed by atoms with Gasteiger partial charge in [-0.1, -0.05) is 44.2 Å². The highest BCUT2D eigenvalue weighted by molar-refractivity contribution is 7.91. The number of hydrogen-bond acceptors (Lipinski definition) is 4. The van der Waals surface area contributed by atoms with Crippen molar-refractivity contribution in [3.05, 3.63) is 35.9 Å². The van der Waals surface area contributed by atoms with Crippen LogP contribution in [0.15, 0.2) is 30.3 Å². The minimum absolute atomic E-state index is 0.178. The maximum absolute atomic E-state index is 11.8. The van der Waals surface area contributed by atoms with Crippen molar-refractivity contribution in [1.82, 2.24) is 9.80 Å². The van der Waals surface area contributed by atoms with Crippen molar-refractivity contribution in [3.63, 3.8) is 0 Å². The van der Waals surface area contributed by atoms with Gasteiger partial charge in [-0.05, 0) is 38.0 Å². The summed E-state index contributed by atoms with van der Waals surface area (Å²) in [5.74, 6) is 0.671. The SMILES string of the molecule is CCN(CC)CCCN(Cc1ccccc1)[C@H]1CCS(=O)(=O)C1. The van der Waals surface area contributed by atoms with Crippen LogP contribution in [0.3, 0.4) is 0 Å². The van der Waals surface area contributed by atoms with Gasteiger partial charge in [0.1, 0.15) is 0 Å². The van der Waals surface area contributed by atoms with Gasteiger partial charge in [-0.15, -0.1) is 0 Å². The Kier molecular flexibility index (Phi) is 7.06. The number of sulfone groups is 1. The fourth-order valence-electron chi connectivity index (χ4n) is 3.31. The first-order chi connectivity index (χ1) is 11.0. The highest BCUT2D eigenvalue weighted by atomic mass is 32.2. The van der Waals surface area contributed by atoms with E-state index < -0.39 is 9.84 Å². The van der Waals surface area contributed by atoms with Gasteiger partial charge in [-0.3, -0.25) is 4.90 Å². The first kappa shape index (κ1) is 18.4. The van der Waals surface area contributed by atoms with Crippen LogP contribution in [-0.2, 0) is 16.4 Å². The van der Waals surface area contributed by atoms with E-state index in [1.54, 1.807) is 0 Å². The molecule has 0 aliphatic carbocycles. The van der Waals surface area contributed by atoms with Crippen LogP contribution in [0.4, 0.5) is 0 Å². The molecule has 1 aromatic rings. The van der Waals surface area contributed by atoms with Crippen molar-refractivity contribution in [2.45, 2.75) is 39.3 Å². The molecule has 5 heteroatoms. The van der Waals surface area contributed by atoms with Crippen molar-refractivity contribution in [2.75, 3.05) is 37.7 Å².